The van der Waals surface area contributed by atoms with Crippen LogP contribution in [0.1, 0.15) is 25.8 Å². The molecule has 3 heteroatoms. The summed E-state index contributed by atoms with van der Waals surface area (Å²) in [6.07, 6.45) is 2.77. The van der Waals surface area contributed by atoms with Crippen LogP contribution in [0.4, 0.5) is 0 Å². The topological polar surface area (TPSA) is 18.5 Å². The van der Waals surface area contributed by atoms with Gasteiger partial charge in [-0.05, 0) is 31.3 Å². The van der Waals surface area contributed by atoms with E-state index in [0.717, 1.165) is 24.1 Å². The van der Waals surface area contributed by atoms with Crippen molar-refractivity contribution in [2.24, 2.45) is 0 Å². The van der Waals surface area contributed by atoms with Gasteiger partial charge in [0.15, 0.2) is 0 Å². The van der Waals surface area contributed by atoms with E-state index in [1.54, 1.807) is 0 Å². The lowest BCUT2D eigenvalue weighted by Gasteiger charge is -2.34. The van der Waals surface area contributed by atoms with Crippen LogP contribution in [-0.2, 0) is 9.31 Å². The summed E-state index contributed by atoms with van der Waals surface area (Å²) in [5, 5.41) is 0. The lowest BCUT2D eigenvalue weighted by molar-refractivity contribution is 0.0108. The predicted molar refractivity (Wildman–Crippen MR) is 67.7 cm³/mol. The van der Waals surface area contributed by atoms with Crippen LogP contribution < -0.4 is 5.46 Å². The fourth-order valence-corrected chi connectivity index (χ4v) is 1.75. The maximum Gasteiger partial charge on any atom is 0.494 e. The maximum absolute atomic E-state index is 5.89. The van der Waals surface area contributed by atoms with E-state index in [4.69, 9.17) is 9.31 Å². The Balaban J connectivity index is 2.14. The third-order valence-corrected chi connectivity index (χ3v) is 2.84. The standard InChI is InChI=1S/C13H17BO2/c1-4-11-5-7-12(8-6-11)14-15-10-9-13(2,3)16-14/h4-8H,1,9-10H2,2-3H3. The van der Waals surface area contributed by atoms with Crippen LogP contribution in [0.15, 0.2) is 30.8 Å². The van der Waals surface area contributed by atoms with E-state index >= 15 is 0 Å². The molecule has 0 amide bonds. The van der Waals surface area contributed by atoms with Gasteiger partial charge in [-0.25, -0.2) is 0 Å². The molecule has 1 heterocycles. The van der Waals surface area contributed by atoms with Crippen LogP contribution in [0.25, 0.3) is 6.08 Å². The first-order valence-corrected chi connectivity index (χ1v) is 5.62. The minimum atomic E-state index is -0.234. The second kappa shape index (κ2) is 4.44. The largest absolute Gasteiger partial charge is 0.494 e. The molecule has 0 aliphatic carbocycles. The van der Waals surface area contributed by atoms with Gasteiger partial charge >= 0.3 is 7.12 Å². The molecular formula is C13H17BO2. The van der Waals surface area contributed by atoms with Crippen LogP contribution >= 0.6 is 0 Å². The van der Waals surface area contributed by atoms with Crippen molar-refractivity contribution >= 4 is 18.7 Å². The molecule has 2 nitrogen and oxygen atoms in total. The Bertz CT molecular complexity index is 370. The van der Waals surface area contributed by atoms with E-state index in [0.29, 0.717) is 0 Å². The highest BCUT2D eigenvalue weighted by molar-refractivity contribution is 6.61. The smallest absolute Gasteiger partial charge is 0.407 e. The molecule has 1 fully saturated rings. The Morgan fingerprint density at radius 3 is 2.56 bits per heavy atom. The summed E-state index contributed by atoms with van der Waals surface area (Å²) in [6, 6.07) is 8.11. The van der Waals surface area contributed by atoms with Gasteiger partial charge in [0.2, 0.25) is 0 Å². The van der Waals surface area contributed by atoms with E-state index in [1.807, 2.05) is 30.3 Å². The minimum Gasteiger partial charge on any atom is -0.407 e. The molecule has 0 atom stereocenters. The molecule has 0 spiro atoms. The van der Waals surface area contributed by atoms with Crippen molar-refractivity contribution in [2.45, 2.75) is 25.9 Å². The van der Waals surface area contributed by atoms with Gasteiger partial charge in [0.05, 0.1) is 5.60 Å². The minimum absolute atomic E-state index is 0.0972. The molecule has 1 aromatic carbocycles. The molecule has 0 aromatic heterocycles. The molecule has 1 aliphatic rings. The summed E-state index contributed by atoms with van der Waals surface area (Å²) in [4.78, 5) is 0. The molecule has 0 radical (unpaired) electrons. The van der Waals surface area contributed by atoms with Crippen molar-refractivity contribution in [1.82, 2.24) is 0 Å². The highest BCUT2D eigenvalue weighted by Crippen LogP contribution is 2.21. The van der Waals surface area contributed by atoms with Crippen LogP contribution in [0.3, 0.4) is 0 Å². The van der Waals surface area contributed by atoms with Crippen LogP contribution in [0.2, 0.25) is 0 Å². The van der Waals surface area contributed by atoms with Crippen LogP contribution in [0.5, 0.6) is 0 Å². The van der Waals surface area contributed by atoms with E-state index in [9.17, 15) is 0 Å². The average Bonchev–Trinajstić information content (AvgIpc) is 2.28. The van der Waals surface area contributed by atoms with Crippen LogP contribution in [0, 0.1) is 0 Å². The average molecular weight is 216 g/mol. The van der Waals surface area contributed by atoms with Crippen molar-refractivity contribution in [2.75, 3.05) is 6.61 Å². The molecule has 16 heavy (non-hydrogen) atoms. The first kappa shape index (κ1) is 11.4. The molecule has 0 saturated carbocycles. The van der Waals surface area contributed by atoms with Gasteiger partial charge in [-0.15, -0.1) is 0 Å². The number of benzene rings is 1. The monoisotopic (exact) mass is 216 g/mol. The summed E-state index contributed by atoms with van der Waals surface area (Å²) in [5.41, 5.74) is 2.08. The second-order valence-electron chi connectivity index (χ2n) is 4.70. The molecule has 0 unspecified atom stereocenters. The second-order valence-corrected chi connectivity index (χ2v) is 4.70. The fourth-order valence-electron chi connectivity index (χ4n) is 1.75. The van der Waals surface area contributed by atoms with Crippen molar-refractivity contribution < 1.29 is 9.31 Å². The third kappa shape index (κ3) is 2.54. The molecule has 1 aromatic rings. The summed E-state index contributed by atoms with van der Waals surface area (Å²) in [6.45, 7) is 8.68. The van der Waals surface area contributed by atoms with Crippen molar-refractivity contribution in [3.8, 4) is 0 Å². The molecule has 0 N–H and O–H groups in total. The molecular weight excluding hydrogens is 199 g/mol. The Kier molecular flexibility index (Phi) is 3.17. The Labute approximate surface area is 97.4 Å². The zero-order chi connectivity index (χ0) is 11.6. The normalized spacial score (nSPS) is 19.5. The van der Waals surface area contributed by atoms with E-state index in [-0.39, 0.29) is 12.7 Å². The summed E-state index contributed by atoms with van der Waals surface area (Å²) >= 11 is 0. The van der Waals surface area contributed by atoms with E-state index < -0.39 is 0 Å². The third-order valence-electron chi connectivity index (χ3n) is 2.84. The lowest BCUT2D eigenvalue weighted by Crippen LogP contribution is -2.48. The Morgan fingerprint density at radius 2 is 2.00 bits per heavy atom. The van der Waals surface area contributed by atoms with Gasteiger partial charge in [-0.3, -0.25) is 0 Å². The maximum atomic E-state index is 5.89. The lowest BCUT2D eigenvalue weighted by atomic mass is 9.76. The summed E-state index contributed by atoms with van der Waals surface area (Å²) in [5.74, 6) is 0. The molecule has 2 rings (SSSR count). The molecule has 84 valence electrons. The zero-order valence-electron chi connectivity index (χ0n) is 9.90. The molecule has 1 saturated heterocycles. The van der Waals surface area contributed by atoms with Gasteiger partial charge in [0.25, 0.3) is 0 Å². The summed E-state index contributed by atoms with van der Waals surface area (Å²) < 4.78 is 11.5. The number of hydrogen-bond donors (Lipinski definition) is 0. The number of hydrogen-bond acceptors (Lipinski definition) is 2. The van der Waals surface area contributed by atoms with Gasteiger partial charge in [-0.2, -0.15) is 0 Å². The van der Waals surface area contributed by atoms with E-state index in [2.05, 4.69) is 20.4 Å². The SMILES string of the molecule is C=Cc1ccc(B2OCCC(C)(C)O2)cc1. The predicted octanol–water partition coefficient (Wildman–Crippen LogP) is 2.24. The highest BCUT2D eigenvalue weighted by Gasteiger charge is 2.34. The molecule has 0 bridgehead atoms. The summed E-state index contributed by atoms with van der Waals surface area (Å²) in [7, 11) is -0.234. The fraction of sp³-hybridized carbons (Fsp3) is 0.385. The van der Waals surface area contributed by atoms with Gasteiger partial charge < -0.3 is 9.31 Å². The van der Waals surface area contributed by atoms with E-state index in [1.165, 1.54) is 0 Å². The number of rotatable bonds is 2. The van der Waals surface area contributed by atoms with Gasteiger partial charge in [-0.1, -0.05) is 36.9 Å². The van der Waals surface area contributed by atoms with Crippen LogP contribution in [-0.4, -0.2) is 19.3 Å². The van der Waals surface area contributed by atoms with Gasteiger partial charge in [0, 0.05) is 6.61 Å². The highest BCUT2D eigenvalue weighted by atomic mass is 16.6. The zero-order valence-corrected chi connectivity index (χ0v) is 9.90. The Hall–Kier alpha value is -1.06. The van der Waals surface area contributed by atoms with Crippen molar-refractivity contribution in [1.29, 1.82) is 0 Å². The quantitative estimate of drug-likeness (QED) is 0.706. The van der Waals surface area contributed by atoms with Crippen molar-refractivity contribution in [3.05, 3.63) is 36.4 Å². The Morgan fingerprint density at radius 1 is 1.31 bits per heavy atom. The molecule has 1 aliphatic heterocycles. The first-order valence-electron chi connectivity index (χ1n) is 5.62. The first-order chi connectivity index (χ1) is 7.61. The van der Waals surface area contributed by atoms with Gasteiger partial charge in [0.1, 0.15) is 0 Å². The van der Waals surface area contributed by atoms with Crippen molar-refractivity contribution in [3.63, 3.8) is 0 Å².